The van der Waals surface area contributed by atoms with E-state index in [-0.39, 0.29) is 0 Å². The fraction of sp³-hybridized carbons (Fsp3) is 0.333. The summed E-state index contributed by atoms with van der Waals surface area (Å²) in [7, 11) is 1.69. The highest BCUT2D eigenvalue weighted by Crippen LogP contribution is 2.23. The van der Waals surface area contributed by atoms with Gasteiger partial charge in [0.2, 0.25) is 0 Å². The fourth-order valence-electron chi connectivity index (χ4n) is 1.85. The zero-order valence-electron chi connectivity index (χ0n) is 11.1. The third kappa shape index (κ3) is 3.05. The zero-order chi connectivity index (χ0) is 13.0. The maximum atomic E-state index is 5.20. The second kappa shape index (κ2) is 5.91. The molecule has 3 heteroatoms. The Morgan fingerprint density at radius 2 is 1.94 bits per heavy atom. The van der Waals surface area contributed by atoms with Crippen LogP contribution >= 0.6 is 11.3 Å². The minimum atomic E-state index is 0.887. The molecule has 0 fully saturated rings. The molecule has 18 heavy (non-hydrogen) atoms. The summed E-state index contributed by atoms with van der Waals surface area (Å²) in [6, 6.07) is 10.5. The van der Waals surface area contributed by atoms with Gasteiger partial charge in [-0.1, -0.05) is 6.92 Å². The van der Waals surface area contributed by atoms with Crippen LogP contribution in [-0.4, -0.2) is 7.11 Å². The first-order valence-corrected chi connectivity index (χ1v) is 7.00. The highest BCUT2D eigenvalue weighted by molar-refractivity contribution is 7.12. The zero-order valence-corrected chi connectivity index (χ0v) is 11.9. The molecule has 0 saturated heterocycles. The Balaban J connectivity index is 2.01. The average molecular weight is 261 g/mol. The van der Waals surface area contributed by atoms with Crippen molar-refractivity contribution in [2.75, 3.05) is 12.4 Å². The first kappa shape index (κ1) is 13.0. The van der Waals surface area contributed by atoms with Gasteiger partial charge in [0.1, 0.15) is 5.75 Å². The summed E-state index contributed by atoms with van der Waals surface area (Å²) >= 11 is 1.88. The van der Waals surface area contributed by atoms with Crippen LogP contribution in [0.4, 0.5) is 5.69 Å². The lowest BCUT2D eigenvalue weighted by atomic mass is 10.2. The van der Waals surface area contributed by atoms with Crippen LogP contribution < -0.4 is 10.1 Å². The topological polar surface area (TPSA) is 21.3 Å². The molecular weight excluding hydrogens is 242 g/mol. The summed E-state index contributed by atoms with van der Waals surface area (Å²) in [5.41, 5.74) is 2.38. The second-order valence-corrected chi connectivity index (χ2v) is 5.51. The van der Waals surface area contributed by atoms with E-state index in [2.05, 4.69) is 37.4 Å². The molecule has 0 unspecified atom stereocenters. The number of ether oxygens (including phenoxy) is 1. The fourth-order valence-corrected chi connectivity index (χ4v) is 2.75. The Kier molecular flexibility index (Phi) is 4.26. The Hall–Kier alpha value is -1.48. The number of nitrogens with one attached hydrogen (secondary N) is 1. The van der Waals surface area contributed by atoms with Gasteiger partial charge in [0, 0.05) is 22.0 Å². The van der Waals surface area contributed by atoms with Gasteiger partial charge >= 0.3 is 0 Å². The van der Waals surface area contributed by atoms with Crippen LogP contribution in [0.15, 0.2) is 30.3 Å². The van der Waals surface area contributed by atoms with Gasteiger partial charge in [-0.15, -0.1) is 11.3 Å². The number of aryl methyl sites for hydroxylation is 2. The molecule has 0 saturated carbocycles. The van der Waals surface area contributed by atoms with E-state index in [1.165, 1.54) is 21.0 Å². The maximum absolute atomic E-state index is 5.20. The maximum Gasteiger partial charge on any atom is 0.119 e. The van der Waals surface area contributed by atoms with Gasteiger partial charge in [0.05, 0.1) is 7.11 Å². The lowest BCUT2D eigenvalue weighted by molar-refractivity contribution is 0.414. The van der Waals surface area contributed by atoms with Crippen molar-refractivity contribution in [2.45, 2.75) is 26.8 Å². The van der Waals surface area contributed by atoms with Crippen LogP contribution in [0.2, 0.25) is 0 Å². The smallest absolute Gasteiger partial charge is 0.119 e. The first-order valence-electron chi connectivity index (χ1n) is 6.19. The van der Waals surface area contributed by atoms with Gasteiger partial charge in [-0.3, -0.25) is 0 Å². The van der Waals surface area contributed by atoms with Crippen molar-refractivity contribution < 1.29 is 4.74 Å². The van der Waals surface area contributed by atoms with Crippen molar-refractivity contribution in [3.63, 3.8) is 0 Å². The van der Waals surface area contributed by atoms with Gasteiger partial charge in [-0.25, -0.2) is 0 Å². The second-order valence-electron chi connectivity index (χ2n) is 4.26. The summed E-state index contributed by atoms with van der Waals surface area (Å²) in [5, 5.41) is 3.47. The molecule has 0 amide bonds. The van der Waals surface area contributed by atoms with Crippen molar-refractivity contribution in [3.05, 3.63) is 45.6 Å². The van der Waals surface area contributed by atoms with Crippen LogP contribution in [0.3, 0.4) is 0 Å². The minimum Gasteiger partial charge on any atom is -0.497 e. The summed E-state index contributed by atoms with van der Waals surface area (Å²) in [6.07, 6.45) is 1.12. The third-order valence-electron chi connectivity index (χ3n) is 2.95. The molecule has 1 N–H and O–H groups in total. The normalized spacial score (nSPS) is 10.4. The summed E-state index contributed by atoms with van der Waals surface area (Å²) in [6.45, 7) is 5.17. The molecule has 1 aromatic carbocycles. The van der Waals surface area contributed by atoms with Crippen LogP contribution in [0.5, 0.6) is 5.75 Å². The SMILES string of the molecule is CCc1ccc(CNc2ccc(OC)cc2C)s1. The number of methoxy groups -OCH3 is 1. The Morgan fingerprint density at radius 1 is 1.17 bits per heavy atom. The van der Waals surface area contributed by atoms with Crippen LogP contribution in [0.25, 0.3) is 0 Å². The molecule has 0 atom stereocenters. The molecule has 2 aromatic rings. The predicted octanol–water partition coefficient (Wildman–Crippen LogP) is 4.24. The van der Waals surface area contributed by atoms with E-state index in [9.17, 15) is 0 Å². The number of benzene rings is 1. The van der Waals surface area contributed by atoms with Crippen molar-refractivity contribution >= 4 is 17.0 Å². The number of thiophene rings is 1. The van der Waals surface area contributed by atoms with Crippen LogP contribution in [0, 0.1) is 6.92 Å². The van der Waals surface area contributed by atoms with Crippen molar-refractivity contribution in [1.82, 2.24) is 0 Å². The third-order valence-corrected chi connectivity index (χ3v) is 4.18. The number of rotatable bonds is 5. The first-order chi connectivity index (χ1) is 8.72. The highest BCUT2D eigenvalue weighted by Gasteiger charge is 2.02. The quantitative estimate of drug-likeness (QED) is 0.869. The number of hydrogen-bond acceptors (Lipinski definition) is 3. The Morgan fingerprint density at radius 3 is 2.56 bits per heavy atom. The van der Waals surface area contributed by atoms with Gasteiger partial charge in [0.15, 0.2) is 0 Å². The van der Waals surface area contributed by atoms with Gasteiger partial charge < -0.3 is 10.1 Å². The van der Waals surface area contributed by atoms with E-state index in [1.54, 1.807) is 7.11 Å². The molecule has 0 bridgehead atoms. The summed E-state index contributed by atoms with van der Waals surface area (Å²) < 4.78 is 5.20. The monoisotopic (exact) mass is 261 g/mol. The standard InChI is InChI=1S/C15H19NOS/c1-4-13-6-7-14(18-13)10-16-15-8-5-12(17-3)9-11(15)2/h5-9,16H,4,10H2,1-3H3. The minimum absolute atomic E-state index is 0.887. The van der Waals surface area contributed by atoms with Crippen molar-refractivity contribution in [2.24, 2.45) is 0 Å². The van der Waals surface area contributed by atoms with E-state index in [0.717, 1.165) is 18.7 Å². The molecule has 0 aliphatic carbocycles. The molecule has 2 rings (SSSR count). The molecule has 1 heterocycles. The van der Waals surface area contributed by atoms with Gasteiger partial charge in [-0.05, 0) is 49.2 Å². The summed E-state index contributed by atoms with van der Waals surface area (Å²) in [5.74, 6) is 0.905. The van der Waals surface area contributed by atoms with Crippen LogP contribution in [0.1, 0.15) is 22.2 Å². The van der Waals surface area contributed by atoms with Crippen LogP contribution in [-0.2, 0) is 13.0 Å². The summed E-state index contributed by atoms with van der Waals surface area (Å²) in [4.78, 5) is 2.82. The molecule has 96 valence electrons. The molecule has 0 aliphatic heterocycles. The van der Waals surface area contributed by atoms with Crippen molar-refractivity contribution in [3.8, 4) is 5.75 Å². The van der Waals surface area contributed by atoms with Crippen molar-refractivity contribution in [1.29, 1.82) is 0 Å². The molecule has 0 spiro atoms. The lowest BCUT2D eigenvalue weighted by Crippen LogP contribution is -1.99. The van der Waals surface area contributed by atoms with E-state index in [1.807, 2.05) is 23.5 Å². The molecular formula is C15H19NOS. The molecule has 0 radical (unpaired) electrons. The largest absolute Gasteiger partial charge is 0.497 e. The van der Waals surface area contributed by atoms with Gasteiger partial charge in [-0.2, -0.15) is 0 Å². The van der Waals surface area contributed by atoms with Gasteiger partial charge in [0.25, 0.3) is 0 Å². The predicted molar refractivity (Wildman–Crippen MR) is 78.8 cm³/mol. The lowest BCUT2D eigenvalue weighted by Gasteiger charge is -2.10. The number of hydrogen-bond donors (Lipinski definition) is 1. The average Bonchev–Trinajstić information content (AvgIpc) is 2.85. The van der Waals surface area contributed by atoms with E-state index < -0.39 is 0 Å². The molecule has 2 nitrogen and oxygen atoms in total. The number of anilines is 1. The molecule has 1 aromatic heterocycles. The highest BCUT2D eigenvalue weighted by atomic mass is 32.1. The Bertz CT molecular complexity index is 519. The van der Waals surface area contributed by atoms with E-state index in [0.29, 0.717) is 0 Å². The van der Waals surface area contributed by atoms with E-state index >= 15 is 0 Å². The van der Waals surface area contributed by atoms with E-state index in [4.69, 9.17) is 4.74 Å². The Labute approximate surface area is 113 Å². The molecule has 0 aliphatic rings.